The molecular weight excluding hydrogens is 305 g/mol. The highest BCUT2D eigenvalue weighted by Crippen LogP contribution is 2.49. The number of fused-ring (bicyclic) bond motifs is 2. The molecule has 0 heterocycles. The molecular formula is C17H21ClFNO2. The van der Waals surface area contributed by atoms with Crippen LogP contribution in [-0.2, 0) is 16.1 Å². The Bertz CT molecular complexity index is 566. The standard InChI is InChI=1S/C17H21ClFNO2/c1-2-22-17(21)15-11-4-5-12(8-11)16(15)20-9-10-3-6-14(19)13(18)7-10/h3,6-7,11-12,15-16,20H,2,4-5,8-9H2,1H3/t11-,12+,15+,16-/m0/s1. The van der Waals surface area contributed by atoms with Crippen LogP contribution >= 0.6 is 11.6 Å². The van der Waals surface area contributed by atoms with Crippen molar-refractivity contribution in [1.29, 1.82) is 0 Å². The van der Waals surface area contributed by atoms with Gasteiger partial charge in [0.2, 0.25) is 0 Å². The summed E-state index contributed by atoms with van der Waals surface area (Å²) in [6, 6.07) is 4.89. The van der Waals surface area contributed by atoms with E-state index in [4.69, 9.17) is 16.3 Å². The molecule has 0 unspecified atom stereocenters. The fourth-order valence-electron chi connectivity index (χ4n) is 4.05. The average molecular weight is 326 g/mol. The number of hydrogen-bond acceptors (Lipinski definition) is 3. The van der Waals surface area contributed by atoms with Crippen LogP contribution in [-0.4, -0.2) is 18.6 Å². The topological polar surface area (TPSA) is 38.3 Å². The number of nitrogens with one attached hydrogen (secondary N) is 1. The van der Waals surface area contributed by atoms with Crippen LogP contribution in [0.1, 0.15) is 31.7 Å². The lowest BCUT2D eigenvalue weighted by atomic mass is 9.84. The van der Waals surface area contributed by atoms with Gasteiger partial charge >= 0.3 is 5.97 Å². The number of esters is 1. The third-order valence-electron chi connectivity index (χ3n) is 5.00. The Morgan fingerprint density at radius 3 is 2.91 bits per heavy atom. The summed E-state index contributed by atoms with van der Waals surface area (Å²) in [6.45, 7) is 2.85. The Kier molecular flexibility index (Phi) is 4.69. The minimum atomic E-state index is -0.408. The lowest BCUT2D eigenvalue weighted by Gasteiger charge is -2.30. The van der Waals surface area contributed by atoms with Gasteiger partial charge in [-0.05, 0) is 55.7 Å². The molecule has 2 bridgehead atoms. The zero-order chi connectivity index (χ0) is 15.7. The molecule has 0 radical (unpaired) electrons. The monoisotopic (exact) mass is 325 g/mol. The van der Waals surface area contributed by atoms with Crippen molar-refractivity contribution in [2.24, 2.45) is 17.8 Å². The quantitative estimate of drug-likeness (QED) is 0.841. The zero-order valence-electron chi connectivity index (χ0n) is 12.6. The van der Waals surface area contributed by atoms with Crippen LogP contribution in [0.2, 0.25) is 5.02 Å². The third kappa shape index (κ3) is 2.99. The van der Waals surface area contributed by atoms with Crippen LogP contribution in [0.3, 0.4) is 0 Å². The van der Waals surface area contributed by atoms with Crippen LogP contribution in [0.25, 0.3) is 0 Å². The predicted octanol–water partition coefficient (Wildman–Crippen LogP) is 3.55. The molecule has 0 saturated heterocycles. The predicted molar refractivity (Wildman–Crippen MR) is 83.0 cm³/mol. The average Bonchev–Trinajstić information content (AvgIpc) is 3.09. The van der Waals surface area contributed by atoms with Gasteiger partial charge in [-0.15, -0.1) is 0 Å². The highest BCUT2D eigenvalue weighted by atomic mass is 35.5. The van der Waals surface area contributed by atoms with Crippen molar-refractivity contribution in [2.45, 2.75) is 38.8 Å². The molecule has 0 aliphatic heterocycles. The minimum absolute atomic E-state index is 0.0466. The number of carbonyl (C=O) groups excluding carboxylic acids is 1. The van der Waals surface area contributed by atoms with Gasteiger partial charge in [0.1, 0.15) is 5.82 Å². The van der Waals surface area contributed by atoms with Gasteiger partial charge in [-0.3, -0.25) is 4.79 Å². The fraction of sp³-hybridized carbons (Fsp3) is 0.588. The van der Waals surface area contributed by atoms with E-state index in [-0.39, 0.29) is 23.0 Å². The highest BCUT2D eigenvalue weighted by molar-refractivity contribution is 6.30. The van der Waals surface area contributed by atoms with E-state index >= 15 is 0 Å². The van der Waals surface area contributed by atoms with E-state index in [1.54, 1.807) is 12.1 Å². The maximum absolute atomic E-state index is 13.2. The van der Waals surface area contributed by atoms with E-state index in [1.807, 2.05) is 6.92 Å². The van der Waals surface area contributed by atoms with Gasteiger partial charge in [-0.2, -0.15) is 0 Å². The van der Waals surface area contributed by atoms with Gasteiger partial charge in [0, 0.05) is 12.6 Å². The van der Waals surface area contributed by atoms with Crippen molar-refractivity contribution in [1.82, 2.24) is 5.32 Å². The second-order valence-corrected chi connectivity index (χ2v) is 6.67. The largest absolute Gasteiger partial charge is 0.466 e. The van der Waals surface area contributed by atoms with Crippen LogP contribution in [0.15, 0.2) is 18.2 Å². The molecule has 3 rings (SSSR count). The van der Waals surface area contributed by atoms with Crippen LogP contribution < -0.4 is 5.32 Å². The smallest absolute Gasteiger partial charge is 0.310 e. The molecule has 0 amide bonds. The molecule has 2 aliphatic rings. The van der Waals surface area contributed by atoms with Crippen molar-refractivity contribution in [3.8, 4) is 0 Å². The molecule has 2 fully saturated rings. The summed E-state index contributed by atoms with van der Waals surface area (Å²) in [5.41, 5.74) is 0.928. The zero-order valence-corrected chi connectivity index (χ0v) is 13.4. The summed E-state index contributed by atoms with van der Waals surface area (Å²) in [5, 5.41) is 3.62. The number of halogens is 2. The first-order valence-electron chi connectivity index (χ1n) is 7.94. The van der Waals surface area contributed by atoms with Gasteiger partial charge in [-0.1, -0.05) is 17.7 Å². The number of hydrogen-bond donors (Lipinski definition) is 1. The van der Waals surface area contributed by atoms with Crippen LogP contribution in [0, 0.1) is 23.6 Å². The molecule has 4 atom stereocenters. The van der Waals surface area contributed by atoms with Gasteiger partial charge in [-0.25, -0.2) is 4.39 Å². The first-order chi connectivity index (χ1) is 10.6. The number of carbonyl (C=O) groups is 1. The first kappa shape index (κ1) is 15.8. The minimum Gasteiger partial charge on any atom is -0.466 e. The van der Waals surface area contributed by atoms with E-state index in [1.165, 1.54) is 12.5 Å². The lowest BCUT2D eigenvalue weighted by Crippen LogP contribution is -2.44. The summed E-state index contributed by atoms with van der Waals surface area (Å²) >= 11 is 5.82. The molecule has 22 heavy (non-hydrogen) atoms. The highest BCUT2D eigenvalue weighted by Gasteiger charge is 2.51. The van der Waals surface area contributed by atoms with Crippen molar-refractivity contribution in [3.63, 3.8) is 0 Å². The van der Waals surface area contributed by atoms with Gasteiger partial charge in [0.15, 0.2) is 0 Å². The molecule has 2 saturated carbocycles. The molecule has 5 heteroatoms. The SMILES string of the molecule is CCOC(=O)[C@@H]1[C@H]2CC[C@H](C2)[C@@H]1NCc1ccc(F)c(Cl)c1. The van der Waals surface area contributed by atoms with E-state index < -0.39 is 5.82 Å². The van der Waals surface area contributed by atoms with E-state index in [0.717, 1.165) is 18.4 Å². The maximum Gasteiger partial charge on any atom is 0.310 e. The fourth-order valence-corrected chi connectivity index (χ4v) is 4.25. The number of benzene rings is 1. The molecule has 2 aliphatic carbocycles. The Morgan fingerprint density at radius 2 is 2.18 bits per heavy atom. The molecule has 3 nitrogen and oxygen atoms in total. The third-order valence-corrected chi connectivity index (χ3v) is 5.29. The summed E-state index contributed by atoms with van der Waals surface area (Å²) in [7, 11) is 0. The normalized spacial score (nSPS) is 29.8. The van der Waals surface area contributed by atoms with Gasteiger partial charge < -0.3 is 10.1 Å². The molecule has 1 aromatic carbocycles. The van der Waals surface area contributed by atoms with E-state index in [2.05, 4.69) is 5.32 Å². The molecule has 1 aromatic rings. The van der Waals surface area contributed by atoms with Crippen molar-refractivity contribution in [3.05, 3.63) is 34.6 Å². The van der Waals surface area contributed by atoms with Crippen molar-refractivity contribution in [2.75, 3.05) is 6.61 Å². The van der Waals surface area contributed by atoms with Crippen molar-refractivity contribution >= 4 is 17.6 Å². The summed E-state index contributed by atoms with van der Waals surface area (Å²) in [4.78, 5) is 12.2. The maximum atomic E-state index is 13.2. The molecule has 0 aromatic heterocycles. The first-order valence-corrected chi connectivity index (χ1v) is 8.32. The second-order valence-electron chi connectivity index (χ2n) is 6.27. The number of ether oxygens (including phenoxy) is 1. The van der Waals surface area contributed by atoms with Gasteiger partial charge in [0.25, 0.3) is 0 Å². The Hall–Kier alpha value is -1.13. The Morgan fingerprint density at radius 1 is 1.41 bits per heavy atom. The van der Waals surface area contributed by atoms with Crippen molar-refractivity contribution < 1.29 is 13.9 Å². The summed E-state index contributed by atoms with van der Waals surface area (Å²) in [5.74, 6) is 0.447. The molecule has 0 spiro atoms. The lowest BCUT2D eigenvalue weighted by molar-refractivity contribution is -0.150. The van der Waals surface area contributed by atoms with Crippen LogP contribution in [0.5, 0.6) is 0 Å². The number of rotatable bonds is 5. The van der Waals surface area contributed by atoms with Crippen LogP contribution in [0.4, 0.5) is 4.39 Å². The summed E-state index contributed by atoms with van der Waals surface area (Å²) in [6.07, 6.45) is 3.39. The summed E-state index contributed by atoms with van der Waals surface area (Å²) < 4.78 is 18.4. The van der Waals surface area contributed by atoms with E-state index in [9.17, 15) is 9.18 Å². The Balaban J connectivity index is 1.67. The van der Waals surface area contributed by atoms with Gasteiger partial charge in [0.05, 0.1) is 17.5 Å². The molecule has 1 N–H and O–H groups in total. The Labute approximate surface area is 135 Å². The van der Waals surface area contributed by atoms with E-state index in [0.29, 0.717) is 25.0 Å². The second kappa shape index (κ2) is 6.55. The molecule has 120 valence electrons.